The SMILES string of the molecule is CC(C)CN(C)CCC1CC(F)(F)CN1. The molecule has 1 heterocycles. The Morgan fingerprint density at radius 1 is 1.47 bits per heavy atom. The summed E-state index contributed by atoms with van der Waals surface area (Å²) in [6.45, 7) is 6.11. The summed E-state index contributed by atoms with van der Waals surface area (Å²) in [5.74, 6) is -1.85. The molecule has 90 valence electrons. The van der Waals surface area contributed by atoms with Crippen LogP contribution in [0.15, 0.2) is 0 Å². The molecule has 1 aliphatic heterocycles. The molecule has 0 aliphatic carbocycles. The van der Waals surface area contributed by atoms with Gasteiger partial charge in [0.15, 0.2) is 0 Å². The van der Waals surface area contributed by atoms with E-state index in [1.54, 1.807) is 0 Å². The van der Waals surface area contributed by atoms with E-state index in [0.717, 1.165) is 19.5 Å². The molecule has 0 spiro atoms. The van der Waals surface area contributed by atoms with Gasteiger partial charge in [0.05, 0.1) is 6.54 Å². The first-order valence-corrected chi connectivity index (χ1v) is 5.69. The molecule has 1 atom stereocenters. The molecular formula is C11H22F2N2. The minimum absolute atomic E-state index is 0.00250. The number of nitrogens with one attached hydrogen (secondary N) is 1. The number of rotatable bonds is 5. The van der Waals surface area contributed by atoms with Crippen LogP contribution in [0.4, 0.5) is 8.78 Å². The molecule has 0 saturated carbocycles. The van der Waals surface area contributed by atoms with Crippen molar-refractivity contribution in [2.75, 3.05) is 26.7 Å². The second-order valence-electron chi connectivity index (χ2n) is 5.08. The van der Waals surface area contributed by atoms with Crippen LogP contribution in [-0.4, -0.2) is 43.5 Å². The van der Waals surface area contributed by atoms with Crippen LogP contribution in [0.1, 0.15) is 26.7 Å². The normalized spacial score (nSPS) is 25.4. The van der Waals surface area contributed by atoms with Crippen LogP contribution in [0.5, 0.6) is 0 Å². The zero-order valence-electron chi connectivity index (χ0n) is 9.89. The van der Waals surface area contributed by atoms with E-state index in [-0.39, 0.29) is 19.0 Å². The summed E-state index contributed by atoms with van der Waals surface area (Å²) in [6, 6.07) is -0.00499. The molecule has 0 aromatic heterocycles. The van der Waals surface area contributed by atoms with Gasteiger partial charge in [-0.05, 0) is 25.9 Å². The number of alkyl halides is 2. The maximum atomic E-state index is 12.9. The van der Waals surface area contributed by atoms with Crippen LogP contribution in [-0.2, 0) is 0 Å². The fraction of sp³-hybridized carbons (Fsp3) is 1.00. The second kappa shape index (κ2) is 5.21. The third kappa shape index (κ3) is 4.89. The molecule has 0 aromatic rings. The summed E-state index contributed by atoms with van der Waals surface area (Å²) in [5, 5.41) is 2.88. The number of hydrogen-bond acceptors (Lipinski definition) is 2. The highest BCUT2D eigenvalue weighted by Gasteiger charge is 2.38. The first-order valence-electron chi connectivity index (χ1n) is 5.69. The Morgan fingerprint density at radius 2 is 2.13 bits per heavy atom. The van der Waals surface area contributed by atoms with E-state index >= 15 is 0 Å². The predicted octanol–water partition coefficient (Wildman–Crippen LogP) is 1.96. The maximum Gasteiger partial charge on any atom is 0.261 e. The highest BCUT2D eigenvalue weighted by molar-refractivity contribution is 4.87. The first kappa shape index (κ1) is 12.8. The summed E-state index contributed by atoms with van der Waals surface area (Å²) < 4.78 is 25.7. The van der Waals surface area contributed by atoms with Crippen molar-refractivity contribution >= 4 is 0 Å². The van der Waals surface area contributed by atoms with Gasteiger partial charge in [-0.2, -0.15) is 0 Å². The molecule has 0 bridgehead atoms. The molecule has 2 nitrogen and oxygen atoms in total. The highest BCUT2D eigenvalue weighted by atomic mass is 19.3. The minimum Gasteiger partial charge on any atom is -0.308 e. The molecule has 1 saturated heterocycles. The average Bonchev–Trinajstić information content (AvgIpc) is 2.41. The average molecular weight is 220 g/mol. The Labute approximate surface area is 91.0 Å². The van der Waals surface area contributed by atoms with E-state index in [4.69, 9.17) is 0 Å². The Morgan fingerprint density at radius 3 is 2.60 bits per heavy atom. The highest BCUT2D eigenvalue weighted by Crippen LogP contribution is 2.26. The largest absolute Gasteiger partial charge is 0.308 e. The minimum atomic E-state index is -2.48. The standard InChI is InChI=1S/C11H22F2N2/c1-9(2)7-15(3)5-4-10-6-11(12,13)8-14-10/h9-10,14H,4-8H2,1-3H3. The molecular weight excluding hydrogens is 198 g/mol. The van der Waals surface area contributed by atoms with Gasteiger partial charge in [-0.3, -0.25) is 0 Å². The Bertz CT molecular complexity index is 195. The summed E-state index contributed by atoms with van der Waals surface area (Å²) in [7, 11) is 2.05. The lowest BCUT2D eigenvalue weighted by Gasteiger charge is -2.20. The summed E-state index contributed by atoms with van der Waals surface area (Å²) in [4.78, 5) is 2.21. The van der Waals surface area contributed by atoms with Gasteiger partial charge in [-0.15, -0.1) is 0 Å². The van der Waals surface area contributed by atoms with E-state index in [9.17, 15) is 8.78 Å². The van der Waals surface area contributed by atoms with Crippen molar-refractivity contribution in [2.45, 2.75) is 38.7 Å². The maximum absolute atomic E-state index is 12.9. The molecule has 1 unspecified atom stereocenters. The van der Waals surface area contributed by atoms with Gasteiger partial charge < -0.3 is 10.2 Å². The second-order valence-corrected chi connectivity index (χ2v) is 5.08. The lowest BCUT2D eigenvalue weighted by atomic mass is 10.1. The van der Waals surface area contributed by atoms with Crippen molar-refractivity contribution in [3.8, 4) is 0 Å². The smallest absolute Gasteiger partial charge is 0.261 e. The molecule has 1 rings (SSSR count). The molecule has 1 N–H and O–H groups in total. The van der Waals surface area contributed by atoms with Gasteiger partial charge in [-0.25, -0.2) is 8.78 Å². The van der Waals surface area contributed by atoms with Gasteiger partial charge in [0, 0.05) is 19.0 Å². The Hall–Kier alpha value is -0.220. The van der Waals surface area contributed by atoms with Crippen LogP contribution in [0.25, 0.3) is 0 Å². The van der Waals surface area contributed by atoms with Crippen LogP contribution < -0.4 is 5.32 Å². The van der Waals surface area contributed by atoms with Crippen LogP contribution in [0.2, 0.25) is 0 Å². The predicted molar refractivity (Wildman–Crippen MR) is 58.3 cm³/mol. The van der Waals surface area contributed by atoms with Crippen molar-refractivity contribution in [2.24, 2.45) is 5.92 Å². The zero-order chi connectivity index (χ0) is 11.5. The van der Waals surface area contributed by atoms with E-state index in [2.05, 4.69) is 24.1 Å². The van der Waals surface area contributed by atoms with Crippen molar-refractivity contribution in [3.63, 3.8) is 0 Å². The molecule has 0 radical (unpaired) electrons. The molecule has 4 heteroatoms. The van der Waals surface area contributed by atoms with Crippen LogP contribution in [0.3, 0.4) is 0 Å². The van der Waals surface area contributed by atoms with Crippen LogP contribution >= 0.6 is 0 Å². The fourth-order valence-electron chi connectivity index (χ4n) is 2.09. The third-order valence-electron chi connectivity index (χ3n) is 2.73. The summed E-state index contributed by atoms with van der Waals surface area (Å²) in [6.07, 6.45) is 0.821. The van der Waals surface area contributed by atoms with Crippen LogP contribution in [0, 0.1) is 5.92 Å². The summed E-state index contributed by atoms with van der Waals surface area (Å²) >= 11 is 0. The Balaban J connectivity index is 2.15. The van der Waals surface area contributed by atoms with Gasteiger partial charge in [0.25, 0.3) is 5.92 Å². The van der Waals surface area contributed by atoms with Gasteiger partial charge in [0.1, 0.15) is 0 Å². The molecule has 0 aromatic carbocycles. The van der Waals surface area contributed by atoms with Crippen molar-refractivity contribution in [3.05, 3.63) is 0 Å². The lowest BCUT2D eigenvalue weighted by Crippen LogP contribution is -2.30. The van der Waals surface area contributed by atoms with E-state index < -0.39 is 5.92 Å². The fourth-order valence-corrected chi connectivity index (χ4v) is 2.09. The van der Waals surface area contributed by atoms with Gasteiger partial charge >= 0.3 is 0 Å². The lowest BCUT2D eigenvalue weighted by molar-refractivity contribution is 0.0206. The molecule has 1 aliphatic rings. The number of nitrogens with zero attached hydrogens (tertiary/aromatic N) is 1. The number of halogens is 2. The van der Waals surface area contributed by atoms with Crippen molar-refractivity contribution in [1.29, 1.82) is 0 Å². The van der Waals surface area contributed by atoms with Crippen molar-refractivity contribution < 1.29 is 8.78 Å². The van der Waals surface area contributed by atoms with E-state index in [1.807, 2.05) is 7.05 Å². The molecule has 0 amide bonds. The van der Waals surface area contributed by atoms with E-state index in [1.165, 1.54) is 0 Å². The monoisotopic (exact) mass is 220 g/mol. The van der Waals surface area contributed by atoms with E-state index in [0.29, 0.717) is 5.92 Å². The summed E-state index contributed by atoms with van der Waals surface area (Å²) in [5.41, 5.74) is 0. The number of hydrogen-bond donors (Lipinski definition) is 1. The molecule has 1 fully saturated rings. The quantitative estimate of drug-likeness (QED) is 0.762. The third-order valence-corrected chi connectivity index (χ3v) is 2.73. The first-order chi connectivity index (χ1) is 6.89. The Kier molecular flexibility index (Phi) is 4.46. The zero-order valence-corrected chi connectivity index (χ0v) is 9.89. The van der Waals surface area contributed by atoms with Crippen molar-refractivity contribution in [1.82, 2.24) is 10.2 Å². The van der Waals surface area contributed by atoms with Gasteiger partial charge in [0.2, 0.25) is 0 Å². The molecule has 15 heavy (non-hydrogen) atoms. The topological polar surface area (TPSA) is 15.3 Å². The van der Waals surface area contributed by atoms with Gasteiger partial charge in [-0.1, -0.05) is 13.8 Å².